The van der Waals surface area contributed by atoms with Crippen molar-refractivity contribution in [3.8, 4) is 5.69 Å². The molecular weight excluding hydrogens is 289 g/mol. The first kappa shape index (κ1) is 13.8. The number of carboxylic acid groups (broad SMARTS) is 1. The average molecular weight is 293 g/mol. The molecule has 5 nitrogen and oxygen atoms in total. The quantitative estimate of drug-likeness (QED) is 0.503. The Kier molecular flexibility index (Phi) is 3.08. The summed E-state index contributed by atoms with van der Waals surface area (Å²) in [6.45, 7) is 0. The van der Waals surface area contributed by atoms with Gasteiger partial charge in [0.15, 0.2) is 29.0 Å². The largest absolute Gasteiger partial charge is 0.476 e. The highest BCUT2D eigenvalue weighted by Crippen LogP contribution is 2.26. The zero-order valence-electron chi connectivity index (χ0n) is 9.29. The summed E-state index contributed by atoms with van der Waals surface area (Å²) in [4.78, 5) is 10.7. The predicted molar refractivity (Wildman–Crippen MR) is 54.7 cm³/mol. The van der Waals surface area contributed by atoms with E-state index in [-0.39, 0.29) is 4.68 Å². The lowest BCUT2D eigenvalue weighted by molar-refractivity contribution is 0.0691. The van der Waals surface area contributed by atoms with E-state index in [4.69, 9.17) is 10.8 Å². The first-order valence-corrected chi connectivity index (χ1v) is 4.86. The summed E-state index contributed by atoms with van der Waals surface area (Å²) in [6.07, 6.45) is 0.627. The number of hydrogen-bond donors (Lipinski definition) is 2. The molecule has 1 aromatic carbocycles. The van der Waals surface area contributed by atoms with Gasteiger partial charge in [-0.3, -0.25) is 0 Å². The molecule has 0 spiro atoms. The minimum absolute atomic E-state index is 0.176. The summed E-state index contributed by atoms with van der Waals surface area (Å²) < 4.78 is 66.0. The van der Waals surface area contributed by atoms with E-state index >= 15 is 0 Å². The number of carbonyl (C=O) groups is 1. The van der Waals surface area contributed by atoms with E-state index in [9.17, 15) is 26.7 Å². The van der Waals surface area contributed by atoms with Crippen LogP contribution in [0.2, 0.25) is 0 Å². The van der Waals surface area contributed by atoms with Crippen LogP contribution >= 0.6 is 0 Å². The Hall–Kier alpha value is -2.65. The maximum Gasteiger partial charge on any atom is 0.358 e. The fraction of sp³-hybridized carbons (Fsp3) is 0. The minimum Gasteiger partial charge on any atom is -0.476 e. The van der Waals surface area contributed by atoms with Crippen LogP contribution in [0.4, 0.5) is 27.6 Å². The third-order valence-corrected chi connectivity index (χ3v) is 2.36. The van der Waals surface area contributed by atoms with Crippen molar-refractivity contribution in [3.63, 3.8) is 0 Å². The van der Waals surface area contributed by atoms with E-state index in [0.29, 0.717) is 6.20 Å². The van der Waals surface area contributed by atoms with Crippen LogP contribution in [0.1, 0.15) is 10.5 Å². The fourth-order valence-electron chi connectivity index (χ4n) is 1.46. The van der Waals surface area contributed by atoms with E-state index in [1.54, 1.807) is 0 Å². The molecule has 0 unspecified atom stereocenters. The number of benzene rings is 1. The molecule has 0 aliphatic heterocycles. The molecule has 0 aliphatic rings. The standard InChI is InChI=1S/C10H4F5N3O2/c11-3-4(12)6(14)9(7(15)5(3)13)18-1-2(16)8(17-18)10(19)20/h1H,16H2,(H,19,20). The SMILES string of the molecule is Nc1cn(-c2c(F)c(F)c(F)c(F)c2F)nc1C(=O)O. The predicted octanol–water partition coefficient (Wildman–Crippen LogP) is 1.85. The van der Waals surface area contributed by atoms with Gasteiger partial charge in [0.25, 0.3) is 0 Å². The van der Waals surface area contributed by atoms with Crippen molar-refractivity contribution in [1.29, 1.82) is 0 Å². The van der Waals surface area contributed by atoms with E-state index in [1.165, 1.54) is 0 Å². The molecule has 0 aliphatic carbocycles. The molecule has 0 atom stereocenters. The van der Waals surface area contributed by atoms with Crippen molar-refractivity contribution in [1.82, 2.24) is 9.78 Å². The molecule has 0 fully saturated rings. The van der Waals surface area contributed by atoms with Gasteiger partial charge in [0, 0.05) is 0 Å². The average Bonchev–Trinajstić information content (AvgIpc) is 2.76. The van der Waals surface area contributed by atoms with E-state index in [0.717, 1.165) is 0 Å². The van der Waals surface area contributed by atoms with Gasteiger partial charge in [0.05, 0.1) is 11.9 Å². The van der Waals surface area contributed by atoms with E-state index < -0.39 is 52.1 Å². The Morgan fingerprint density at radius 3 is 1.90 bits per heavy atom. The summed E-state index contributed by atoms with van der Waals surface area (Å²) in [5.41, 5.74) is 2.52. The molecule has 0 radical (unpaired) electrons. The van der Waals surface area contributed by atoms with Crippen molar-refractivity contribution >= 4 is 11.7 Å². The smallest absolute Gasteiger partial charge is 0.358 e. The number of aromatic carboxylic acids is 1. The maximum absolute atomic E-state index is 13.5. The number of anilines is 1. The lowest BCUT2D eigenvalue weighted by atomic mass is 10.2. The summed E-state index contributed by atoms with van der Waals surface area (Å²) in [7, 11) is 0. The second-order valence-electron chi connectivity index (χ2n) is 3.60. The Morgan fingerprint density at radius 1 is 1.05 bits per heavy atom. The maximum atomic E-state index is 13.5. The van der Waals surface area contributed by atoms with Crippen LogP contribution in [-0.4, -0.2) is 20.9 Å². The van der Waals surface area contributed by atoms with E-state index in [2.05, 4.69) is 5.10 Å². The van der Waals surface area contributed by atoms with Crippen LogP contribution in [0, 0.1) is 29.1 Å². The number of hydrogen-bond acceptors (Lipinski definition) is 3. The zero-order valence-corrected chi connectivity index (χ0v) is 9.29. The highest BCUT2D eigenvalue weighted by Gasteiger charge is 2.28. The first-order chi connectivity index (χ1) is 9.25. The van der Waals surface area contributed by atoms with Crippen LogP contribution in [0.5, 0.6) is 0 Å². The molecule has 106 valence electrons. The summed E-state index contributed by atoms with van der Waals surface area (Å²) in [5, 5.41) is 11.8. The number of aromatic nitrogens is 2. The third-order valence-electron chi connectivity index (χ3n) is 2.36. The van der Waals surface area contributed by atoms with Gasteiger partial charge in [0.2, 0.25) is 5.82 Å². The Morgan fingerprint density at radius 2 is 1.50 bits per heavy atom. The second-order valence-corrected chi connectivity index (χ2v) is 3.60. The van der Waals surface area contributed by atoms with Crippen molar-refractivity contribution in [3.05, 3.63) is 41.0 Å². The first-order valence-electron chi connectivity index (χ1n) is 4.86. The van der Waals surface area contributed by atoms with Crippen molar-refractivity contribution in [2.45, 2.75) is 0 Å². The highest BCUT2D eigenvalue weighted by molar-refractivity contribution is 5.91. The third kappa shape index (κ3) is 1.85. The molecule has 2 aromatic rings. The van der Waals surface area contributed by atoms with Crippen molar-refractivity contribution < 1.29 is 31.9 Å². The minimum atomic E-state index is -2.33. The van der Waals surface area contributed by atoms with Gasteiger partial charge < -0.3 is 10.8 Å². The Bertz CT molecular complexity index is 699. The summed E-state index contributed by atoms with van der Waals surface area (Å²) >= 11 is 0. The summed E-state index contributed by atoms with van der Waals surface area (Å²) in [5.74, 6) is -12.6. The van der Waals surface area contributed by atoms with Crippen LogP contribution in [0.15, 0.2) is 6.20 Å². The monoisotopic (exact) mass is 293 g/mol. The second kappa shape index (κ2) is 4.47. The van der Waals surface area contributed by atoms with Gasteiger partial charge in [-0.2, -0.15) is 5.10 Å². The number of nitrogens with two attached hydrogens (primary N) is 1. The number of rotatable bonds is 2. The summed E-state index contributed by atoms with van der Waals surface area (Å²) in [6, 6.07) is 0. The van der Waals surface area contributed by atoms with Gasteiger partial charge in [-0.15, -0.1) is 0 Å². The van der Waals surface area contributed by atoms with E-state index in [1.807, 2.05) is 0 Å². The molecule has 2 rings (SSSR count). The molecule has 0 bridgehead atoms. The zero-order chi connectivity index (χ0) is 15.2. The number of nitrogens with zero attached hydrogens (tertiary/aromatic N) is 2. The Balaban J connectivity index is 2.77. The van der Waals surface area contributed by atoms with Gasteiger partial charge in [-0.05, 0) is 0 Å². The number of nitrogen functional groups attached to an aromatic ring is 1. The molecule has 0 amide bonds. The molecule has 3 N–H and O–H groups in total. The lowest BCUT2D eigenvalue weighted by Crippen LogP contribution is -2.11. The lowest BCUT2D eigenvalue weighted by Gasteiger charge is -2.07. The normalized spacial score (nSPS) is 10.8. The van der Waals surface area contributed by atoms with Crippen LogP contribution in [-0.2, 0) is 0 Å². The van der Waals surface area contributed by atoms with Gasteiger partial charge in [-0.25, -0.2) is 31.4 Å². The molecule has 0 saturated heterocycles. The van der Waals surface area contributed by atoms with Crippen LogP contribution < -0.4 is 5.73 Å². The van der Waals surface area contributed by atoms with Gasteiger partial charge in [0.1, 0.15) is 5.69 Å². The van der Waals surface area contributed by atoms with Crippen LogP contribution in [0.3, 0.4) is 0 Å². The van der Waals surface area contributed by atoms with Gasteiger partial charge >= 0.3 is 5.97 Å². The van der Waals surface area contributed by atoms with Crippen LogP contribution in [0.25, 0.3) is 5.69 Å². The van der Waals surface area contributed by atoms with Gasteiger partial charge in [-0.1, -0.05) is 0 Å². The number of carboxylic acids is 1. The molecule has 10 heteroatoms. The van der Waals surface area contributed by atoms with Crippen molar-refractivity contribution in [2.75, 3.05) is 5.73 Å². The topological polar surface area (TPSA) is 81.1 Å². The van der Waals surface area contributed by atoms with Crippen molar-refractivity contribution in [2.24, 2.45) is 0 Å². The molecule has 0 saturated carbocycles. The number of halogens is 5. The molecular formula is C10H4F5N3O2. The Labute approximate surface area is 107 Å². The molecule has 1 heterocycles. The molecule has 1 aromatic heterocycles. The molecule has 20 heavy (non-hydrogen) atoms. The highest BCUT2D eigenvalue weighted by atomic mass is 19.2. The fourth-order valence-corrected chi connectivity index (χ4v) is 1.46.